The molecule has 0 heterocycles. The molecule has 1 rings (SSSR count). The van der Waals surface area contributed by atoms with E-state index in [-0.39, 0.29) is 11.4 Å². The lowest BCUT2D eigenvalue weighted by atomic mass is 10.4. The van der Waals surface area contributed by atoms with E-state index in [2.05, 4.69) is 10.6 Å². The minimum absolute atomic E-state index is 0.112. The first-order valence-corrected chi connectivity index (χ1v) is 5.23. The van der Waals surface area contributed by atoms with Crippen molar-refractivity contribution in [1.82, 2.24) is 4.72 Å². The van der Waals surface area contributed by atoms with Crippen molar-refractivity contribution in [3.8, 4) is 12.3 Å². The van der Waals surface area contributed by atoms with E-state index in [0.717, 1.165) is 6.07 Å². The minimum Gasteiger partial charge on any atom is -0.207 e. The van der Waals surface area contributed by atoms with Crippen LogP contribution in [0.1, 0.15) is 0 Å². The van der Waals surface area contributed by atoms with Crippen molar-refractivity contribution < 1.29 is 12.8 Å². The maximum Gasteiger partial charge on any atom is 0.241 e. The van der Waals surface area contributed by atoms with Gasteiger partial charge in [-0.25, -0.2) is 12.8 Å². The second kappa shape index (κ2) is 4.22. The number of hydrogen-bond acceptors (Lipinski definition) is 2. The fraction of sp³-hybridized carbons (Fsp3) is 0.111. The van der Waals surface area contributed by atoms with Gasteiger partial charge in [0.05, 0.1) is 11.4 Å². The van der Waals surface area contributed by atoms with E-state index in [0.29, 0.717) is 0 Å². The molecule has 1 N–H and O–H groups in total. The van der Waals surface area contributed by atoms with Crippen molar-refractivity contribution in [3.63, 3.8) is 0 Å². The summed E-state index contributed by atoms with van der Waals surface area (Å²) in [5, 5.41) is 0. The number of terminal acetylenes is 1. The summed E-state index contributed by atoms with van der Waals surface area (Å²) in [5.41, 5.74) is 0. The first-order chi connectivity index (χ1) is 6.56. The Labute approximate surface area is 82.0 Å². The van der Waals surface area contributed by atoms with Crippen molar-refractivity contribution in [2.75, 3.05) is 6.54 Å². The van der Waals surface area contributed by atoms with Crippen LogP contribution in [0.15, 0.2) is 29.2 Å². The molecule has 3 nitrogen and oxygen atoms in total. The zero-order valence-corrected chi connectivity index (χ0v) is 8.01. The molecular formula is C9H8FNO2S. The maximum absolute atomic E-state index is 12.7. The average molecular weight is 213 g/mol. The molecule has 0 saturated carbocycles. The molecule has 0 atom stereocenters. The number of hydrogen-bond donors (Lipinski definition) is 1. The Bertz CT molecular complexity index is 462. The van der Waals surface area contributed by atoms with Gasteiger partial charge in [0.1, 0.15) is 5.82 Å². The summed E-state index contributed by atoms with van der Waals surface area (Å²) < 4.78 is 37.5. The summed E-state index contributed by atoms with van der Waals surface area (Å²) in [7, 11) is -3.68. The van der Waals surface area contributed by atoms with E-state index >= 15 is 0 Å². The molecule has 0 fully saturated rings. The largest absolute Gasteiger partial charge is 0.241 e. The van der Waals surface area contributed by atoms with Crippen LogP contribution in [0.5, 0.6) is 0 Å². The topological polar surface area (TPSA) is 46.2 Å². The quantitative estimate of drug-likeness (QED) is 0.753. The van der Waals surface area contributed by atoms with Crippen LogP contribution in [-0.2, 0) is 10.0 Å². The van der Waals surface area contributed by atoms with Crippen LogP contribution in [-0.4, -0.2) is 15.0 Å². The Morgan fingerprint density at radius 3 is 2.79 bits per heavy atom. The van der Waals surface area contributed by atoms with Gasteiger partial charge in [-0.1, -0.05) is 12.0 Å². The molecule has 0 saturated heterocycles. The predicted molar refractivity (Wildman–Crippen MR) is 50.4 cm³/mol. The van der Waals surface area contributed by atoms with Crippen molar-refractivity contribution >= 4 is 10.0 Å². The van der Waals surface area contributed by atoms with E-state index in [4.69, 9.17) is 6.42 Å². The first-order valence-electron chi connectivity index (χ1n) is 3.75. The molecule has 0 aliphatic heterocycles. The summed E-state index contributed by atoms with van der Waals surface area (Å²) >= 11 is 0. The number of halogens is 1. The normalized spacial score (nSPS) is 10.9. The monoisotopic (exact) mass is 213 g/mol. The number of sulfonamides is 1. The first kappa shape index (κ1) is 10.7. The van der Waals surface area contributed by atoms with Crippen molar-refractivity contribution in [1.29, 1.82) is 0 Å². The van der Waals surface area contributed by atoms with E-state index in [9.17, 15) is 12.8 Å². The van der Waals surface area contributed by atoms with Gasteiger partial charge in [0, 0.05) is 0 Å². The van der Waals surface area contributed by atoms with Crippen LogP contribution in [0.4, 0.5) is 4.39 Å². The summed E-state index contributed by atoms with van der Waals surface area (Å²) in [6.45, 7) is -0.112. The fourth-order valence-electron chi connectivity index (χ4n) is 0.854. The van der Waals surface area contributed by atoms with Crippen molar-refractivity contribution in [3.05, 3.63) is 30.1 Å². The molecule has 74 valence electrons. The third-order valence-electron chi connectivity index (χ3n) is 1.47. The van der Waals surface area contributed by atoms with Crippen LogP contribution in [0.25, 0.3) is 0 Å². The van der Waals surface area contributed by atoms with Gasteiger partial charge in [0.2, 0.25) is 10.0 Å². The van der Waals surface area contributed by atoms with Crippen molar-refractivity contribution in [2.45, 2.75) is 4.90 Å². The van der Waals surface area contributed by atoms with Crippen LogP contribution in [0.3, 0.4) is 0 Å². The van der Waals surface area contributed by atoms with Crippen LogP contribution < -0.4 is 4.72 Å². The van der Waals surface area contributed by atoms with Crippen molar-refractivity contribution in [2.24, 2.45) is 0 Å². The second-order valence-corrected chi connectivity index (χ2v) is 4.25. The standard InChI is InChI=1S/C9H8FNO2S/c1-2-6-11-14(12,13)9-5-3-4-8(10)7-9/h1,3-5,7,11H,6H2. The van der Waals surface area contributed by atoms with Gasteiger partial charge in [0.25, 0.3) is 0 Å². The van der Waals surface area contributed by atoms with Gasteiger partial charge in [-0.3, -0.25) is 0 Å². The molecular weight excluding hydrogens is 205 g/mol. The van der Waals surface area contributed by atoms with Gasteiger partial charge in [0.15, 0.2) is 0 Å². The molecule has 0 aliphatic carbocycles. The van der Waals surface area contributed by atoms with Gasteiger partial charge in [-0.05, 0) is 18.2 Å². The smallest absolute Gasteiger partial charge is 0.207 e. The third kappa shape index (κ3) is 2.55. The Morgan fingerprint density at radius 1 is 1.50 bits per heavy atom. The molecule has 0 bridgehead atoms. The van der Waals surface area contributed by atoms with Gasteiger partial charge in [-0.2, -0.15) is 4.72 Å². The van der Waals surface area contributed by atoms with Crippen LogP contribution in [0.2, 0.25) is 0 Å². The van der Waals surface area contributed by atoms with Gasteiger partial charge in [-0.15, -0.1) is 6.42 Å². The zero-order chi connectivity index (χ0) is 10.6. The summed E-state index contributed by atoms with van der Waals surface area (Å²) in [4.78, 5) is -0.132. The lowest BCUT2D eigenvalue weighted by molar-refractivity contribution is 0.582. The zero-order valence-electron chi connectivity index (χ0n) is 7.20. The highest BCUT2D eigenvalue weighted by atomic mass is 32.2. The summed E-state index contributed by atoms with van der Waals surface area (Å²) in [6.07, 6.45) is 4.89. The van der Waals surface area contributed by atoms with Gasteiger partial charge >= 0.3 is 0 Å². The molecule has 0 aliphatic rings. The molecule has 0 aromatic heterocycles. The molecule has 14 heavy (non-hydrogen) atoms. The highest BCUT2D eigenvalue weighted by molar-refractivity contribution is 7.89. The lowest BCUT2D eigenvalue weighted by Crippen LogP contribution is -2.23. The Balaban J connectivity index is 3.00. The van der Waals surface area contributed by atoms with Crippen LogP contribution in [0, 0.1) is 18.2 Å². The molecule has 1 aromatic carbocycles. The molecule has 0 unspecified atom stereocenters. The molecule has 0 amide bonds. The molecule has 5 heteroatoms. The third-order valence-corrected chi connectivity index (χ3v) is 2.87. The number of benzene rings is 1. The second-order valence-electron chi connectivity index (χ2n) is 2.49. The highest BCUT2D eigenvalue weighted by Gasteiger charge is 2.12. The fourth-order valence-corrected chi connectivity index (χ4v) is 1.82. The van der Waals surface area contributed by atoms with E-state index in [1.54, 1.807) is 0 Å². The number of rotatable bonds is 3. The molecule has 0 radical (unpaired) electrons. The molecule has 1 aromatic rings. The lowest BCUT2D eigenvalue weighted by Gasteiger charge is -2.03. The SMILES string of the molecule is C#CCNS(=O)(=O)c1cccc(F)c1. The number of nitrogens with one attached hydrogen (secondary N) is 1. The Morgan fingerprint density at radius 2 is 2.21 bits per heavy atom. The summed E-state index contributed by atoms with van der Waals surface area (Å²) in [6, 6.07) is 4.71. The molecule has 0 spiro atoms. The Hall–Kier alpha value is -1.38. The van der Waals surface area contributed by atoms with E-state index < -0.39 is 15.8 Å². The minimum atomic E-state index is -3.68. The summed E-state index contributed by atoms with van der Waals surface area (Å²) in [5.74, 6) is 1.52. The van der Waals surface area contributed by atoms with E-state index in [1.165, 1.54) is 18.2 Å². The Kier molecular flexibility index (Phi) is 3.23. The van der Waals surface area contributed by atoms with Crippen LogP contribution >= 0.6 is 0 Å². The van der Waals surface area contributed by atoms with Gasteiger partial charge < -0.3 is 0 Å². The van der Waals surface area contributed by atoms with E-state index in [1.807, 2.05) is 0 Å². The predicted octanol–water partition coefficient (Wildman–Crippen LogP) is 0.737. The maximum atomic E-state index is 12.7. The highest BCUT2D eigenvalue weighted by Crippen LogP contribution is 2.09. The average Bonchev–Trinajstić information content (AvgIpc) is 2.15.